The van der Waals surface area contributed by atoms with Gasteiger partial charge in [0.25, 0.3) is 11.6 Å². The van der Waals surface area contributed by atoms with Crippen molar-refractivity contribution in [3.63, 3.8) is 0 Å². The summed E-state index contributed by atoms with van der Waals surface area (Å²) in [6, 6.07) is 16.1. The van der Waals surface area contributed by atoms with Gasteiger partial charge in [-0.2, -0.15) is 0 Å². The van der Waals surface area contributed by atoms with Gasteiger partial charge in [0.1, 0.15) is 0 Å². The molecular formula is C21H20N4O3. The molecule has 7 nitrogen and oxygen atoms in total. The minimum atomic E-state index is -0.389. The first-order valence-electron chi connectivity index (χ1n) is 9.18. The third-order valence-corrected chi connectivity index (χ3v) is 5.05. The highest BCUT2D eigenvalue weighted by Gasteiger charge is 2.24. The number of anilines is 1. The molecule has 1 saturated heterocycles. The van der Waals surface area contributed by atoms with Crippen molar-refractivity contribution in [1.29, 1.82) is 0 Å². The number of para-hydroxylation sites is 1. The molecule has 2 heterocycles. The van der Waals surface area contributed by atoms with Gasteiger partial charge in [-0.1, -0.05) is 24.3 Å². The average Bonchev–Trinajstić information content (AvgIpc) is 2.73. The molecule has 28 heavy (non-hydrogen) atoms. The lowest BCUT2D eigenvalue weighted by atomic mass is 10.1. The molecule has 2 aromatic carbocycles. The molecular weight excluding hydrogens is 356 g/mol. The zero-order chi connectivity index (χ0) is 19.7. The number of carbonyl (C=O) groups is 1. The van der Waals surface area contributed by atoms with Crippen molar-refractivity contribution in [3.8, 4) is 0 Å². The molecule has 4 rings (SSSR count). The van der Waals surface area contributed by atoms with Crippen LogP contribution >= 0.6 is 0 Å². The SMILES string of the molecule is Cc1cc(C(=O)N2CCN(c3cccc([N+](=O)[O-])c3)CC2)c2ccccc2n1. The average molecular weight is 376 g/mol. The van der Waals surface area contributed by atoms with E-state index in [1.165, 1.54) is 6.07 Å². The molecule has 1 aromatic heterocycles. The molecule has 0 bridgehead atoms. The lowest BCUT2D eigenvalue weighted by Crippen LogP contribution is -2.48. The molecule has 1 amide bonds. The van der Waals surface area contributed by atoms with Crippen LogP contribution in [0, 0.1) is 17.0 Å². The summed E-state index contributed by atoms with van der Waals surface area (Å²) in [4.78, 5) is 32.2. The number of rotatable bonds is 3. The van der Waals surface area contributed by atoms with E-state index in [-0.39, 0.29) is 16.5 Å². The van der Waals surface area contributed by atoms with Crippen molar-refractivity contribution >= 4 is 28.2 Å². The van der Waals surface area contributed by atoms with Gasteiger partial charge in [-0.05, 0) is 25.1 Å². The standard InChI is InChI=1S/C21H20N4O3/c1-15-13-19(18-7-2-3-8-20(18)22-15)21(26)24-11-9-23(10-12-24)16-5-4-6-17(14-16)25(27)28/h2-8,13-14H,9-12H2,1H3. The van der Waals surface area contributed by atoms with Gasteiger partial charge in [0, 0.05) is 55.1 Å². The number of hydrogen-bond acceptors (Lipinski definition) is 5. The molecule has 0 atom stereocenters. The van der Waals surface area contributed by atoms with E-state index in [1.54, 1.807) is 12.1 Å². The topological polar surface area (TPSA) is 79.6 Å². The van der Waals surface area contributed by atoms with Crippen LogP contribution in [0.25, 0.3) is 10.9 Å². The van der Waals surface area contributed by atoms with Gasteiger partial charge in [0.15, 0.2) is 0 Å². The van der Waals surface area contributed by atoms with Crippen LogP contribution in [0.2, 0.25) is 0 Å². The first kappa shape index (κ1) is 17.9. The van der Waals surface area contributed by atoms with Crippen molar-refractivity contribution in [3.05, 3.63) is 76.0 Å². The Morgan fingerprint density at radius 1 is 1.04 bits per heavy atom. The van der Waals surface area contributed by atoms with Crippen LogP contribution in [0.4, 0.5) is 11.4 Å². The Labute approximate surface area is 162 Å². The second kappa shape index (κ2) is 7.26. The predicted octanol–water partition coefficient (Wildman–Crippen LogP) is 3.41. The normalized spacial score (nSPS) is 14.3. The Kier molecular flexibility index (Phi) is 4.65. The summed E-state index contributed by atoms with van der Waals surface area (Å²) in [5.41, 5.74) is 3.20. The summed E-state index contributed by atoms with van der Waals surface area (Å²) in [5.74, 6) is 0.000363. The molecule has 0 radical (unpaired) electrons. The number of nitrogens with zero attached hydrogens (tertiary/aromatic N) is 4. The number of pyridine rings is 1. The summed E-state index contributed by atoms with van der Waals surface area (Å²) in [6.45, 7) is 4.29. The van der Waals surface area contributed by atoms with E-state index in [1.807, 2.05) is 48.2 Å². The van der Waals surface area contributed by atoms with Gasteiger partial charge in [-0.15, -0.1) is 0 Å². The maximum absolute atomic E-state index is 13.1. The predicted molar refractivity (Wildman–Crippen MR) is 108 cm³/mol. The van der Waals surface area contributed by atoms with E-state index < -0.39 is 0 Å². The van der Waals surface area contributed by atoms with Crippen molar-refractivity contribution in [2.24, 2.45) is 0 Å². The number of carbonyl (C=O) groups excluding carboxylic acids is 1. The van der Waals surface area contributed by atoms with E-state index >= 15 is 0 Å². The van der Waals surface area contributed by atoms with Gasteiger partial charge < -0.3 is 9.80 Å². The Morgan fingerprint density at radius 3 is 2.54 bits per heavy atom. The second-order valence-corrected chi connectivity index (χ2v) is 6.88. The molecule has 1 aliphatic heterocycles. The lowest BCUT2D eigenvalue weighted by Gasteiger charge is -2.36. The van der Waals surface area contributed by atoms with E-state index in [9.17, 15) is 14.9 Å². The minimum Gasteiger partial charge on any atom is -0.368 e. The number of amides is 1. The molecule has 3 aromatic rings. The number of aryl methyl sites for hydroxylation is 1. The number of fused-ring (bicyclic) bond motifs is 1. The fraction of sp³-hybridized carbons (Fsp3) is 0.238. The molecule has 0 unspecified atom stereocenters. The van der Waals surface area contributed by atoms with E-state index in [0.29, 0.717) is 31.7 Å². The van der Waals surface area contributed by atoms with Crippen LogP contribution in [0.5, 0.6) is 0 Å². The monoisotopic (exact) mass is 376 g/mol. The number of non-ortho nitro benzene ring substituents is 1. The zero-order valence-electron chi connectivity index (χ0n) is 15.5. The van der Waals surface area contributed by atoms with Gasteiger partial charge >= 0.3 is 0 Å². The smallest absolute Gasteiger partial charge is 0.271 e. The van der Waals surface area contributed by atoms with Gasteiger partial charge in [-0.25, -0.2) is 0 Å². The number of aromatic nitrogens is 1. The Bertz CT molecular complexity index is 1060. The van der Waals surface area contributed by atoms with Gasteiger partial charge in [0.05, 0.1) is 16.0 Å². The molecule has 1 aliphatic rings. The highest BCUT2D eigenvalue weighted by atomic mass is 16.6. The van der Waals surface area contributed by atoms with Crippen LogP contribution in [0.1, 0.15) is 16.1 Å². The van der Waals surface area contributed by atoms with Crippen LogP contribution in [-0.4, -0.2) is 46.9 Å². The summed E-state index contributed by atoms with van der Waals surface area (Å²) >= 11 is 0. The van der Waals surface area contributed by atoms with E-state index in [0.717, 1.165) is 22.3 Å². The Balaban J connectivity index is 1.52. The summed E-state index contributed by atoms with van der Waals surface area (Å²) < 4.78 is 0. The third kappa shape index (κ3) is 3.38. The number of piperazine rings is 1. The van der Waals surface area contributed by atoms with E-state index in [4.69, 9.17) is 0 Å². The van der Waals surface area contributed by atoms with Gasteiger partial charge in [-0.3, -0.25) is 19.9 Å². The fourth-order valence-electron chi connectivity index (χ4n) is 3.63. The highest BCUT2D eigenvalue weighted by molar-refractivity contribution is 6.06. The zero-order valence-corrected chi connectivity index (χ0v) is 15.5. The van der Waals surface area contributed by atoms with Crippen LogP contribution in [0.3, 0.4) is 0 Å². The van der Waals surface area contributed by atoms with Crippen LogP contribution in [0.15, 0.2) is 54.6 Å². The number of hydrogen-bond donors (Lipinski definition) is 0. The Hall–Kier alpha value is -3.48. The number of nitro groups is 1. The maximum atomic E-state index is 13.1. The van der Waals surface area contributed by atoms with Crippen molar-refractivity contribution < 1.29 is 9.72 Å². The quantitative estimate of drug-likeness (QED) is 0.517. The van der Waals surface area contributed by atoms with Crippen molar-refractivity contribution in [1.82, 2.24) is 9.88 Å². The first-order chi connectivity index (χ1) is 13.5. The molecule has 0 spiro atoms. The largest absolute Gasteiger partial charge is 0.368 e. The maximum Gasteiger partial charge on any atom is 0.271 e. The first-order valence-corrected chi connectivity index (χ1v) is 9.18. The highest BCUT2D eigenvalue weighted by Crippen LogP contribution is 2.24. The van der Waals surface area contributed by atoms with Crippen molar-refractivity contribution in [2.75, 3.05) is 31.1 Å². The molecule has 0 aliphatic carbocycles. The molecule has 142 valence electrons. The lowest BCUT2D eigenvalue weighted by molar-refractivity contribution is -0.384. The Morgan fingerprint density at radius 2 is 1.79 bits per heavy atom. The molecule has 0 saturated carbocycles. The number of nitro benzene ring substituents is 1. The molecule has 0 N–H and O–H groups in total. The van der Waals surface area contributed by atoms with Gasteiger partial charge in [0.2, 0.25) is 0 Å². The van der Waals surface area contributed by atoms with Crippen LogP contribution in [-0.2, 0) is 0 Å². The summed E-state index contributed by atoms with van der Waals surface area (Å²) in [7, 11) is 0. The van der Waals surface area contributed by atoms with Crippen molar-refractivity contribution in [2.45, 2.75) is 6.92 Å². The summed E-state index contributed by atoms with van der Waals surface area (Å²) in [6.07, 6.45) is 0. The summed E-state index contributed by atoms with van der Waals surface area (Å²) in [5, 5.41) is 11.9. The number of benzene rings is 2. The van der Waals surface area contributed by atoms with E-state index in [2.05, 4.69) is 9.88 Å². The van der Waals surface area contributed by atoms with Crippen LogP contribution < -0.4 is 4.90 Å². The molecule has 1 fully saturated rings. The fourth-order valence-corrected chi connectivity index (χ4v) is 3.63. The molecule has 7 heteroatoms. The second-order valence-electron chi connectivity index (χ2n) is 6.88. The third-order valence-electron chi connectivity index (χ3n) is 5.05. The minimum absolute atomic E-state index is 0.000363.